The maximum atomic E-state index is 3.70. The summed E-state index contributed by atoms with van der Waals surface area (Å²) >= 11 is 0. The minimum Gasteiger partial charge on any atom is -0.310 e. The van der Waals surface area contributed by atoms with Gasteiger partial charge in [-0.25, -0.2) is 0 Å². The molecule has 1 aromatic rings. The second-order valence-corrected chi connectivity index (χ2v) is 6.69. The van der Waals surface area contributed by atoms with E-state index in [1.54, 1.807) is 0 Å². The Morgan fingerprint density at radius 3 is 2.24 bits per heavy atom. The van der Waals surface area contributed by atoms with Crippen LogP contribution in [-0.2, 0) is 0 Å². The summed E-state index contributed by atoms with van der Waals surface area (Å²) in [5.41, 5.74) is 2.76. The van der Waals surface area contributed by atoms with E-state index in [4.69, 9.17) is 0 Å². The molecule has 0 spiro atoms. The minimum absolute atomic E-state index is 0.479. The Kier molecular flexibility index (Phi) is 8.63. The maximum Gasteiger partial charge on any atom is 0.0332 e. The van der Waals surface area contributed by atoms with E-state index in [9.17, 15) is 0 Å². The topological polar surface area (TPSA) is 15.3 Å². The highest BCUT2D eigenvalue weighted by Gasteiger charge is 2.11. The van der Waals surface area contributed by atoms with Gasteiger partial charge in [-0.3, -0.25) is 0 Å². The molecule has 1 N–H and O–H groups in total. The number of nitrogens with zero attached hydrogens (tertiary/aromatic N) is 1. The van der Waals surface area contributed by atoms with Crippen LogP contribution >= 0.6 is 0 Å². The molecule has 1 atom stereocenters. The number of rotatable bonds is 10. The molecule has 0 aliphatic rings. The highest BCUT2D eigenvalue weighted by molar-refractivity contribution is 5.24. The van der Waals surface area contributed by atoms with Crippen LogP contribution in [0.5, 0.6) is 0 Å². The average Bonchev–Trinajstić information content (AvgIpc) is 2.46. The zero-order valence-electron chi connectivity index (χ0n) is 14.7. The summed E-state index contributed by atoms with van der Waals surface area (Å²) in [6, 6.07) is 9.47. The summed E-state index contributed by atoms with van der Waals surface area (Å²) in [6.45, 7) is 12.4. The first-order valence-corrected chi connectivity index (χ1v) is 8.51. The number of hydrogen-bond donors (Lipinski definition) is 1. The second-order valence-electron chi connectivity index (χ2n) is 6.69. The second kappa shape index (κ2) is 9.97. The first-order chi connectivity index (χ1) is 10.0. The molecule has 0 saturated carbocycles. The van der Waals surface area contributed by atoms with Crippen molar-refractivity contribution in [3.63, 3.8) is 0 Å². The molecule has 1 rings (SSSR count). The quantitative estimate of drug-likeness (QED) is 0.687. The Morgan fingerprint density at radius 2 is 1.67 bits per heavy atom. The van der Waals surface area contributed by atoms with Gasteiger partial charge in [0.1, 0.15) is 0 Å². The molecular formula is C19H34N2. The molecule has 2 heteroatoms. The fourth-order valence-electron chi connectivity index (χ4n) is 2.44. The van der Waals surface area contributed by atoms with Gasteiger partial charge < -0.3 is 10.2 Å². The van der Waals surface area contributed by atoms with E-state index in [0.29, 0.717) is 6.04 Å². The van der Waals surface area contributed by atoms with E-state index in [0.717, 1.165) is 19.0 Å². The third-order valence-corrected chi connectivity index (χ3v) is 4.01. The largest absolute Gasteiger partial charge is 0.310 e. The summed E-state index contributed by atoms with van der Waals surface area (Å²) in [6.07, 6.45) is 3.65. The Hall–Kier alpha value is -0.860. The molecule has 0 heterocycles. The number of hydrogen-bond acceptors (Lipinski definition) is 2. The summed E-state index contributed by atoms with van der Waals surface area (Å²) in [5.74, 6) is 0.790. The molecule has 120 valence electrons. The van der Waals surface area contributed by atoms with Crippen molar-refractivity contribution in [2.75, 3.05) is 26.7 Å². The van der Waals surface area contributed by atoms with Crippen molar-refractivity contribution in [2.45, 2.75) is 53.0 Å². The summed E-state index contributed by atoms with van der Waals surface area (Å²) in [4.78, 5) is 2.47. The minimum atomic E-state index is 0.479. The van der Waals surface area contributed by atoms with E-state index >= 15 is 0 Å². The van der Waals surface area contributed by atoms with E-state index in [1.165, 1.54) is 36.9 Å². The molecule has 0 aliphatic carbocycles. The van der Waals surface area contributed by atoms with Crippen LogP contribution in [0.1, 0.15) is 57.2 Å². The predicted octanol–water partition coefficient (Wildman–Crippen LogP) is 4.40. The third-order valence-electron chi connectivity index (χ3n) is 4.01. The van der Waals surface area contributed by atoms with Crippen LogP contribution in [-0.4, -0.2) is 31.6 Å². The molecule has 21 heavy (non-hydrogen) atoms. The smallest absolute Gasteiger partial charge is 0.0332 e. The predicted molar refractivity (Wildman–Crippen MR) is 93.8 cm³/mol. The Labute approximate surface area is 131 Å². The molecule has 0 fully saturated rings. The fourth-order valence-corrected chi connectivity index (χ4v) is 2.44. The molecule has 0 bridgehead atoms. The summed E-state index contributed by atoms with van der Waals surface area (Å²) < 4.78 is 0. The molecule has 0 amide bonds. The molecule has 1 aromatic carbocycles. The van der Waals surface area contributed by atoms with Crippen LogP contribution in [0.25, 0.3) is 0 Å². The van der Waals surface area contributed by atoms with Crippen molar-refractivity contribution < 1.29 is 0 Å². The highest BCUT2D eigenvalue weighted by atomic mass is 15.1. The molecule has 0 saturated heterocycles. The van der Waals surface area contributed by atoms with Gasteiger partial charge in [-0.15, -0.1) is 0 Å². The van der Waals surface area contributed by atoms with Crippen LogP contribution in [0.2, 0.25) is 0 Å². The van der Waals surface area contributed by atoms with Gasteiger partial charge in [-0.05, 0) is 64.3 Å². The average molecular weight is 290 g/mol. The molecule has 0 aromatic heterocycles. The van der Waals surface area contributed by atoms with Crippen molar-refractivity contribution in [1.82, 2.24) is 10.2 Å². The standard InChI is InChI=1S/C19H34N2/c1-6-13-20-19(18-9-7-17(4)8-10-18)12-15-21(5)14-11-16(2)3/h7-10,16,19-20H,6,11-15H2,1-5H3. The SMILES string of the molecule is CCCNC(CCN(C)CCC(C)C)c1ccc(C)cc1. The van der Waals surface area contributed by atoms with Gasteiger partial charge in [0, 0.05) is 6.04 Å². The van der Waals surface area contributed by atoms with Crippen molar-refractivity contribution >= 4 is 0 Å². The fraction of sp³-hybridized carbons (Fsp3) is 0.684. The van der Waals surface area contributed by atoms with Gasteiger partial charge in [0.15, 0.2) is 0 Å². The Balaban J connectivity index is 2.51. The lowest BCUT2D eigenvalue weighted by Crippen LogP contribution is -2.28. The van der Waals surface area contributed by atoms with Crippen LogP contribution < -0.4 is 5.32 Å². The van der Waals surface area contributed by atoms with E-state index in [2.05, 4.69) is 69.2 Å². The maximum absolute atomic E-state index is 3.70. The molecule has 2 nitrogen and oxygen atoms in total. The summed E-state index contributed by atoms with van der Waals surface area (Å²) in [7, 11) is 2.24. The Bertz CT molecular complexity index is 370. The highest BCUT2D eigenvalue weighted by Crippen LogP contribution is 2.18. The first-order valence-electron chi connectivity index (χ1n) is 8.51. The zero-order valence-corrected chi connectivity index (χ0v) is 14.7. The van der Waals surface area contributed by atoms with Gasteiger partial charge >= 0.3 is 0 Å². The monoisotopic (exact) mass is 290 g/mol. The summed E-state index contributed by atoms with van der Waals surface area (Å²) in [5, 5.41) is 3.70. The van der Waals surface area contributed by atoms with Gasteiger partial charge in [-0.1, -0.05) is 50.6 Å². The van der Waals surface area contributed by atoms with Crippen molar-refractivity contribution in [2.24, 2.45) is 5.92 Å². The molecular weight excluding hydrogens is 256 g/mol. The lowest BCUT2D eigenvalue weighted by molar-refractivity contribution is 0.289. The van der Waals surface area contributed by atoms with Gasteiger partial charge in [0.2, 0.25) is 0 Å². The number of benzene rings is 1. The molecule has 0 radical (unpaired) electrons. The van der Waals surface area contributed by atoms with Crippen LogP contribution in [0.15, 0.2) is 24.3 Å². The van der Waals surface area contributed by atoms with E-state index in [1.807, 2.05) is 0 Å². The van der Waals surface area contributed by atoms with Crippen molar-refractivity contribution in [3.8, 4) is 0 Å². The van der Waals surface area contributed by atoms with Crippen LogP contribution in [0.3, 0.4) is 0 Å². The molecule has 0 aliphatic heterocycles. The number of aryl methyl sites for hydroxylation is 1. The van der Waals surface area contributed by atoms with Crippen LogP contribution in [0, 0.1) is 12.8 Å². The normalized spacial score (nSPS) is 13.1. The lowest BCUT2D eigenvalue weighted by Gasteiger charge is -2.23. The third kappa shape index (κ3) is 7.63. The van der Waals surface area contributed by atoms with Gasteiger partial charge in [-0.2, -0.15) is 0 Å². The Morgan fingerprint density at radius 1 is 1.05 bits per heavy atom. The van der Waals surface area contributed by atoms with E-state index in [-0.39, 0.29) is 0 Å². The zero-order chi connectivity index (χ0) is 15.7. The van der Waals surface area contributed by atoms with E-state index < -0.39 is 0 Å². The van der Waals surface area contributed by atoms with Crippen molar-refractivity contribution in [3.05, 3.63) is 35.4 Å². The first kappa shape index (κ1) is 18.2. The van der Waals surface area contributed by atoms with Gasteiger partial charge in [0.25, 0.3) is 0 Å². The molecule has 1 unspecified atom stereocenters. The van der Waals surface area contributed by atoms with Crippen LogP contribution in [0.4, 0.5) is 0 Å². The number of nitrogens with one attached hydrogen (secondary N) is 1. The lowest BCUT2D eigenvalue weighted by atomic mass is 10.0. The van der Waals surface area contributed by atoms with Gasteiger partial charge in [0.05, 0.1) is 0 Å². The van der Waals surface area contributed by atoms with Crippen molar-refractivity contribution in [1.29, 1.82) is 0 Å².